The van der Waals surface area contributed by atoms with Gasteiger partial charge in [-0.1, -0.05) is 0 Å². The lowest BCUT2D eigenvalue weighted by atomic mass is 9.81. The molecule has 0 radical (unpaired) electrons. The van der Waals surface area contributed by atoms with E-state index in [-0.39, 0.29) is 39.0 Å². The number of carbonyl (C=O) groups is 3. The van der Waals surface area contributed by atoms with E-state index in [9.17, 15) is 14.4 Å². The van der Waals surface area contributed by atoms with Gasteiger partial charge >= 0.3 is 18.0 Å². The number of likely N-dealkylation sites (tertiary alicyclic amines) is 1. The highest BCUT2D eigenvalue weighted by molar-refractivity contribution is 5.87. The molecule has 26 heavy (non-hydrogen) atoms. The van der Waals surface area contributed by atoms with Crippen molar-refractivity contribution in [3.63, 3.8) is 0 Å². The largest absolute Gasteiger partial charge is 0.466 e. The van der Waals surface area contributed by atoms with Gasteiger partial charge in [0.1, 0.15) is 11.6 Å². The van der Waals surface area contributed by atoms with E-state index in [2.05, 4.69) is 0 Å². The molecule has 1 saturated heterocycles. The molecule has 0 N–H and O–H groups in total. The first-order valence-corrected chi connectivity index (χ1v) is 8.80. The van der Waals surface area contributed by atoms with Crippen LogP contribution in [0.3, 0.4) is 0 Å². The molecule has 0 aromatic rings. The van der Waals surface area contributed by atoms with Crippen molar-refractivity contribution in [3.05, 3.63) is 0 Å². The van der Waals surface area contributed by atoms with Gasteiger partial charge in [0.15, 0.2) is 0 Å². The van der Waals surface area contributed by atoms with E-state index in [1.807, 2.05) is 6.07 Å². The predicted molar refractivity (Wildman–Crippen MR) is 91.9 cm³/mol. The summed E-state index contributed by atoms with van der Waals surface area (Å²) >= 11 is 0. The van der Waals surface area contributed by atoms with Crippen molar-refractivity contribution < 1.29 is 28.6 Å². The number of nitriles is 1. The Morgan fingerprint density at radius 3 is 2.31 bits per heavy atom. The molecule has 2 atom stereocenters. The van der Waals surface area contributed by atoms with Crippen molar-refractivity contribution >= 4 is 18.0 Å². The summed E-state index contributed by atoms with van der Waals surface area (Å²) in [6.45, 7) is 8.77. The molecular formula is C18H28N2O6. The van der Waals surface area contributed by atoms with Gasteiger partial charge in [0.25, 0.3) is 0 Å². The average molecular weight is 368 g/mol. The van der Waals surface area contributed by atoms with Gasteiger partial charge in [-0.3, -0.25) is 9.69 Å². The summed E-state index contributed by atoms with van der Waals surface area (Å²) in [6, 6.07) is 1.06. The Bertz CT molecular complexity index is 577. The molecule has 0 bridgehead atoms. The van der Waals surface area contributed by atoms with E-state index in [0.29, 0.717) is 0 Å². The second-order valence-corrected chi connectivity index (χ2v) is 7.24. The molecule has 146 valence electrons. The Morgan fingerprint density at radius 1 is 1.19 bits per heavy atom. The fourth-order valence-corrected chi connectivity index (χ4v) is 2.95. The van der Waals surface area contributed by atoms with Crippen LogP contribution in [0.2, 0.25) is 0 Å². The van der Waals surface area contributed by atoms with Crippen molar-refractivity contribution in [1.29, 1.82) is 5.26 Å². The van der Waals surface area contributed by atoms with Crippen molar-refractivity contribution in [3.8, 4) is 6.07 Å². The lowest BCUT2D eigenvalue weighted by Gasteiger charge is -2.28. The fraction of sp³-hybridized carbons (Fsp3) is 0.778. The Kier molecular flexibility index (Phi) is 7.42. The minimum atomic E-state index is -1.12. The van der Waals surface area contributed by atoms with Crippen molar-refractivity contribution in [1.82, 2.24) is 4.90 Å². The van der Waals surface area contributed by atoms with Gasteiger partial charge in [-0.05, 0) is 47.5 Å². The van der Waals surface area contributed by atoms with Gasteiger partial charge < -0.3 is 14.2 Å². The molecule has 0 aliphatic carbocycles. The van der Waals surface area contributed by atoms with Crippen LogP contribution in [0.15, 0.2) is 0 Å². The zero-order valence-electron chi connectivity index (χ0n) is 16.2. The summed E-state index contributed by atoms with van der Waals surface area (Å²) in [5, 5.41) is 8.94. The van der Waals surface area contributed by atoms with E-state index < -0.39 is 35.1 Å². The number of esters is 2. The monoisotopic (exact) mass is 368 g/mol. The van der Waals surface area contributed by atoms with Crippen LogP contribution in [0.1, 0.15) is 53.9 Å². The highest BCUT2D eigenvalue weighted by atomic mass is 16.6. The van der Waals surface area contributed by atoms with Gasteiger partial charge in [0.2, 0.25) is 0 Å². The maximum absolute atomic E-state index is 12.6. The third kappa shape index (κ3) is 5.35. The number of hydrogen-bond acceptors (Lipinski definition) is 7. The van der Waals surface area contributed by atoms with E-state index in [1.165, 1.54) is 4.90 Å². The molecule has 0 aromatic heterocycles. The number of hydrogen-bond donors (Lipinski definition) is 0. The minimum absolute atomic E-state index is 0.0472. The molecule has 1 amide bonds. The molecule has 0 spiro atoms. The molecule has 8 heteroatoms. The zero-order valence-corrected chi connectivity index (χ0v) is 16.2. The van der Waals surface area contributed by atoms with Gasteiger partial charge in [-0.2, -0.15) is 5.26 Å². The summed E-state index contributed by atoms with van der Waals surface area (Å²) in [5.74, 6) is -1.11. The maximum atomic E-state index is 12.6. The number of carbonyl (C=O) groups excluding carboxylic acids is 3. The molecule has 8 nitrogen and oxygen atoms in total. The fourth-order valence-electron chi connectivity index (χ4n) is 2.95. The molecule has 1 heterocycles. The molecular weight excluding hydrogens is 340 g/mol. The molecule has 0 unspecified atom stereocenters. The topological polar surface area (TPSA) is 106 Å². The normalized spacial score (nSPS) is 22.5. The molecule has 0 saturated carbocycles. The number of rotatable bonds is 6. The Labute approximate surface area is 154 Å². The first-order valence-electron chi connectivity index (χ1n) is 8.80. The zero-order chi connectivity index (χ0) is 20.0. The van der Waals surface area contributed by atoms with E-state index >= 15 is 0 Å². The van der Waals surface area contributed by atoms with Crippen LogP contribution in [0.5, 0.6) is 0 Å². The quantitative estimate of drug-likeness (QED) is 0.523. The second kappa shape index (κ2) is 8.88. The summed E-state index contributed by atoms with van der Waals surface area (Å²) in [4.78, 5) is 38.8. The number of ether oxygens (including phenoxy) is 3. The third-order valence-corrected chi connectivity index (χ3v) is 4.04. The lowest BCUT2D eigenvalue weighted by molar-refractivity contribution is -0.155. The van der Waals surface area contributed by atoms with Gasteiger partial charge in [0, 0.05) is 13.0 Å². The first kappa shape index (κ1) is 21.7. The molecule has 1 aliphatic heterocycles. The van der Waals surface area contributed by atoms with Crippen LogP contribution in [-0.2, 0) is 23.8 Å². The standard InChI is InChI=1S/C18H28N2O6/c1-6-24-14(21)13-11-18(9-8-10-19,15(22)25-7-2)12-20(13)16(23)26-17(3,4)5/h13H,6-9,11-12H2,1-5H3/t13-,18-/m0/s1. The van der Waals surface area contributed by atoms with Gasteiger partial charge in [-0.15, -0.1) is 0 Å². The van der Waals surface area contributed by atoms with Crippen LogP contribution in [-0.4, -0.2) is 54.3 Å². The van der Waals surface area contributed by atoms with E-state index in [4.69, 9.17) is 19.5 Å². The third-order valence-electron chi connectivity index (χ3n) is 4.04. The van der Waals surface area contributed by atoms with Crippen LogP contribution < -0.4 is 0 Å². The summed E-state index contributed by atoms with van der Waals surface area (Å²) in [6.07, 6.45) is -0.349. The maximum Gasteiger partial charge on any atom is 0.411 e. The SMILES string of the molecule is CCOC(=O)[C@@H]1C[C@](CCC#N)(C(=O)OCC)CN1C(=O)OC(C)(C)C. The van der Waals surface area contributed by atoms with Crippen molar-refractivity contribution in [2.75, 3.05) is 19.8 Å². The smallest absolute Gasteiger partial charge is 0.411 e. The number of nitrogens with zero attached hydrogens (tertiary/aromatic N) is 2. The Balaban J connectivity index is 3.19. The summed E-state index contributed by atoms with van der Waals surface area (Å²) < 4.78 is 15.6. The summed E-state index contributed by atoms with van der Waals surface area (Å²) in [7, 11) is 0. The van der Waals surface area contributed by atoms with Crippen LogP contribution >= 0.6 is 0 Å². The van der Waals surface area contributed by atoms with Crippen molar-refractivity contribution in [2.45, 2.75) is 65.5 Å². The van der Waals surface area contributed by atoms with E-state index in [1.54, 1.807) is 34.6 Å². The lowest BCUT2D eigenvalue weighted by Crippen LogP contribution is -2.44. The summed E-state index contributed by atoms with van der Waals surface area (Å²) in [5.41, 5.74) is -1.88. The van der Waals surface area contributed by atoms with Gasteiger partial charge in [-0.25, -0.2) is 9.59 Å². The average Bonchev–Trinajstić information content (AvgIpc) is 2.93. The van der Waals surface area contributed by atoms with Crippen LogP contribution in [0, 0.1) is 16.7 Å². The van der Waals surface area contributed by atoms with E-state index in [0.717, 1.165) is 0 Å². The highest BCUT2D eigenvalue weighted by Gasteiger charge is 2.55. The number of amides is 1. The molecule has 1 rings (SSSR count). The highest BCUT2D eigenvalue weighted by Crippen LogP contribution is 2.41. The molecule has 0 aromatic carbocycles. The second-order valence-electron chi connectivity index (χ2n) is 7.24. The Hall–Kier alpha value is -2.30. The molecule has 1 aliphatic rings. The predicted octanol–water partition coefficient (Wildman–Crippen LogP) is 2.41. The first-order chi connectivity index (χ1) is 12.1. The molecule has 1 fully saturated rings. The van der Waals surface area contributed by atoms with Crippen molar-refractivity contribution in [2.24, 2.45) is 5.41 Å². The van der Waals surface area contributed by atoms with Gasteiger partial charge in [0.05, 0.1) is 24.7 Å². The Morgan fingerprint density at radius 2 is 1.81 bits per heavy atom. The van der Waals surface area contributed by atoms with Crippen LogP contribution in [0.25, 0.3) is 0 Å². The van der Waals surface area contributed by atoms with Crippen LogP contribution in [0.4, 0.5) is 4.79 Å². The minimum Gasteiger partial charge on any atom is -0.466 e.